The molecular formula is C21H33NO4. The highest BCUT2D eigenvalue weighted by atomic mass is 16.5. The molecule has 0 spiro atoms. The van der Waals surface area contributed by atoms with Gasteiger partial charge in [0.05, 0.1) is 18.8 Å². The van der Waals surface area contributed by atoms with Gasteiger partial charge in [-0.3, -0.25) is 4.90 Å². The summed E-state index contributed by atoms with van der Waals surface area (Å²) in [4.78, 5) is 13.5. The van der Waals surface area contributed by atoms with Crippen LogP contribution in [0, 0.1) is 5.41 Å². The molecule has 0 bridgehead atoms. The zero-order chi connectivity index (χ0) is 19.4. The normalized spacial score (nSPS) is 22.6. The van der Waals surface area contributed by atoms with E-state index >= 15 is 0 Å². The summed E-state index contributed by atoms with van der Waals surface area (Å²) in [5, 5.41) is 9.84. The molecule has 1 amide bonds. The maximum atomic E-state index is 12.0. The number of nitrogens with zero attached hydrogens (tertiary/aromatic N) is 1. The molecule has 1 aliphatic heterocycles. The first kappa shape index (κ1) is 20.7. The van der Waals surface area contributed by atoms with E-state index in [4.69, 9.17) is 9.47 Å². The molecule has 0 aliphatic carbocycles. The summed E-state index contributed by atoms with van der Waals surface area (Å²) >= 11 is 0. The number of carboxylic acid groups (broad SMARTS) is 1. The third-order valence-corrected chi connectivity index (χ3v) is 5.46. The lowest BCUT2D eigenvalue weighted by atomic mass is 9.70. The first-order chi connectivity index (χ1) is 12.1. The first-order valence-corrected chi connectivity index (χ1v) is 9.39. The molecule has 0 aromatic heterocycles. The minimum absolute atomic E-state index is 0.218. The molecule has 1 heterocycles. The van der Waals surface area contributed by atoms with Crippen molar-refractivity contribution in [2.24, 2.45) is 5.41 Å². The molecule has 0 saturated carbocycles. The molecule has 1 aromatic rings. The fourth-order valence-corrected chi connectivity index (χ4v) is 3.85. The van der Waals surface area contributed by atoms with Crippen LogP contribution in [0.1, 0.15) is 59.4 Å². The molecule has 2 rings (SSSR count). The lowest BCUT2D eigenvalue weighted by Gasteiger charge is -2.48. The Kier molecular flexibility index (Phi) is 6.35. The molecule has 1 aromatic carbocycles. The molecule has 1 atom stereocenters. The molecule has 1 saturated heterocycles. The van der Waals surface area contributed by atoms with Crippen LogP contribution in [0.25, 0.3) is 0 Å². The van der Waals surface area contributed by atoms with Crippen LogP contribution in [0.3, 0.4) is 0 Å². The van der Waals surface area contributed by atoms with Crippen LogP contribution in [-0.4, -0.2) is 40.6 Å². The van der Waals surface area contributed by atoms with Gasteiger partial charge in [-0.05, 0) is 44.1 Å². The molecule has 1 aliphatic rings. The lowest BCUT2D eigenvalue weighted by molar-refractivity contribution is -0.0590. The van der Waals surface area contributed by atoms with Gasteiger partial charge in [0.15, 0.2) is 0 Å². The minimum Gasteiger partial charge on any atom is -0.465 e. The van der Waals surface area contributed by atoms with Crippen molar-refractivity contribution < 1.29 is 19.4 Å². The molecule has 26 heavy (non-hydrogen) atoms. The summed E-state index contributed by atoms with van der Waals surface area (Å²) in [5.41, 5.74) is -0.379. The largest absolute Gasteiger partial charge is 0.465 e. The first-order valence-electron chi connectivity index (χ1n) is 9.39. The van der Waals surface area contributed by atoms with Crippen molar-refractivity contribution in [2.75, 3.05) is 13.2 Å². The average molecular weight is 363 g/mol. The summed E-state index contributed by atoms with van der Waals surface area (Å²) in [5.74, 6) is 0. The number of carbonyl (C=O) groups is 1. The van der Waals surface area contributed by atoms with Crippen molar-refractivity contribution in [1.82, 2.24) is 4.90 Å². The predicted molar refractivity (Wildman–Crippen MR) is 102 cm³/mol. The van der Waals surface area contributed by atoms with E-state index in [0.29, 0.717) is 19.8 Å². The van der Waals surface area contributed by atoms with Gasteiger partial charge in [0, 0.05) is 6.61 Å². The standard InChI is InChI=1S/C21H33NO4/c1-19(2,3)21(16-26-20(4,5)22(21)18(23)24)13-9-10-14-25-15-17-11-7-6-8-12-17/h6-8,11-12H,9-10,13-16H2,1-5H3,(H,23,24). The van der Waals surface area contributed by atoms with E-state index < -0.39 is 17.4 Å². The van der Waals surface area contributed by atoms with Crippen molar-refractivity contribution in [1.29, 1.82) is 0 Å². The number of hydrogen-bond acceptors (Lipinski definition) is 3. The topological polar surface area (TPSA) is 59.0 Å². The third kappa shape index (κ3) is 4.38. The molecular weight excluding hydrogens is 330 g/mol. The summed E-state index contributed by atoms with van der Waals surface area (Å²) in [6, 6.07) is 10.1. The van der Waals surface area contributed by atoms with Gasteiger partial charge in [0.1, 0.15) is 5.72 Å². The van der Waals surface area contributed by atoms with Gasteiger partial charge in [-0.2, -0.15) is 0 Å². The molecule has 146 valence electrons. The second-order valence-corrected chi connectivity index (χ2v) is 8.63. The predicted octanol–water partition coefficient (Wildman–Crippen LogP) is 4.90. The number of unbranched alkanes of at least 4 members (excludes halogenated alkanes) is 1. The fourth-order valence-electron chi connectivity index (χ4n) is 3.85. The monoisotopic (exact) mass is 363 g/mol. The highest BCUT2D eigenvalue weighted by molar-refractivity contribution is 5.68. The SMILES string of the molecule is CC1(C)OCC(CCCCOCc2ccccc2)(C(C)(C)C)N1C(=O)O. The van der Waals surface area contributed by atoms with E-state index in [9.17, 15) is 9.90 Å². The number of ether oxygens (including phenoxy) is 2. The van der Waals surface area contributed by atoms with Crippen molar-refractivity contribution in [3.63, 3.8) is 0 Å². The van der Waals surface area contributed by atoms with Gasteiger partial charge < -0.3 is 14.6 Å². The second-order valence-electron chi connectivity index (χ2n) is 8.63. The van der Waals surface area contributed by atoms with Gasteiger partial charge in [-0.1, -0.05) is 51.1 Å². The van der Waals surface area contributed by atoms with Gasteiger partial charge in [0.25, 0.3) is 0 Å². The number of hydrogen-bond donors (Lipinski definition) is 1. The van der Waals surface area contributed by atoms with E-state index in [1.807, 2.05) is 32.0 Å². The maximum absolute atomic E-state index is 12.0. The quantitative estimate of drug-likeness (QED) is 0.700. The van der Waals surface area contributed by atoms with Gasteiger partial charge >= 0.3 is 6.09 Å². The maximum Gasteiger partial charge on any atom is 0.410 e. The molecule has 5 nitrogen and oxygen atoms in total. The third-order valence-electron chi connectivity index (χ3n) is 5.46. The van der Waals surface area contributed by atoms with Gasteiger partial charge in [-0.15, -0.1) is 0 Å². The van der Waals surface area contributed by atoms with Crippen molar-refractivity contribution in [3.05, 3.63) is 35.9 Å². The van der Waals surface area contributed by atoms with Crippen LogP contribution in [0.15, 0.2) is 30.3 Å². The summed E-state index contributed by atoms with van der Waals surface area (Å²) in [6.07, 6.45) is 1.65. The highest BCUT2D eigenvalue weighted by Crippen LogP contribution is 2.48. The zero-order valence-corrected chi connectivity index (χ0v) is 16.7. The van der Waals surface area contributed by atoms with E-state index in [2.05, 4.69) is 32.9 Å². The van der Waals surface area contributed by atoms with Crippen molar-refractivity contribution in [3.8, 4) is 0 Å². The van der Waals surface area contributed by atoms with E-state index in [-0.39, 0.29) is 5.41 Å². The summed E-state index contributed by atoms with van der Waals surface area (Å²) in [6.45, 7) is 11.7. The van der Waals surface area contributed by atoms with Gasteiger partial charge in [-0.25, -0.2) is 4.79 Å². The number of amides is 1. The summed E-state index contributed by atoms with van der Waals surface area (Å²) in [7, 11) is 0. The van der Waals surface area contributed by atoms with E-state index in [1.165, 1.54) is 10.5 Å². The van der Waals surface area contributed by atoms with Crippen LogP contribution >= 0.6 is 0 Å². The molecule has 5 heteroatoms. The van der Waals surface area contributed by atoms with Crippen LogP contribution < -0.4 is 0 Å². The molecule has 1 N–H and O–H groups in total. The number of benzene rings is 1. The molecule has 1 fully saturated rings. The van der Waals surface area contributed by atoms with Crippen LogP contribution in [0.5, 0.6) is 0 Å². The number of rotatable bonds is 7. The Morgan fingerprint density at radius 3 is 2.46 bits per heavy atom. The Morgan fingerprint density at radius 2 is 1.88 bits per heavy atom. The Morgan fingerprint density at radius 1 is 1.23 bits per heavy atom. The lowest BCUT2D eigenvalue weighted by Crippen LogP contribution is -2.61. The fraction of sp³-hybridized carbons (Fsp3) is 0.667. The molecule has 1 unspecified atom stereocenters. The van der Waals surface area contributed by atoms with Crippen LogP contribution in [0.4, 0.5) is 4.79 Å². The zero-order valence-electron chi connectivity index (χ0n) is 16.7. The van der Waals surface area contributed by atoms with Crippen LogP contribution in [-0.2, 0) is 16.1 Å². The Bertz CT molecular complexity index is 594. The second kappa shape index (κ2) is 7.97. The smallest absolute Gasteiger partial charge is 0.410 e. The van der Waals surface area contributed by atoms with E-state index in [0.717, 1.165) is 19.3 Å². The van der Waals surface area contributed by atoms with Gasteiger partial charge in [0.2, 0.25) is 0 Å². The minimum atomic E-state index is -0.914. The van der Waals surface area contributed by atoms with E-state index in [1.54, 1.807) is 0 Å². The average Bonchev–Trinajstić information content (AvgIpc) is 2.83. The van der Waals surface area contributed by atoms with Crippen molar-refractivity contribution >= 4 is 6.09 Å². The highest BCUT2D eigenvalue weighted by Gasteiger charge is 2.59. The Balaban J connectivity index is 1.92. The van der Waals surface area contributed by atoms with Crippen LogP contribution in [0.2, 0.25) is 0 Å². The molecule has 0 radical (unpaired) electrons. The van der Waals surface area contributed by atoms with Crippen molar-refractivity contribution in [2.45, 2.75) is 71.8 Å². The summed E-state index contributed by atoms with van der Waals surface area (Å²) < 4.78 is 11.7. The Hall–Kier alpha value is -1.59. The Labute approximate surface area is 157 Å².